The van der Waals surface area contributed by atoms with E-state index in [1.54, 1.807) is 36.2 Å². The van der Waals surface area contributed by atoms with Crippen LogP contribution in [0.15, 0.2) is 42.5 Å². The lowest BCUT2D eigenvalue weighted by atomic mass is 10.1. The summed E-state index contributed by atoms with van der Waals surface area (Å²) >= 11 is 5.82. The summed E-state index contributed by atoms with van der Waals surface area (Å²) < 4.78 is 12.9. The highest BCUT2D eigenvalue weighted by atomic mass is 35.5. The van der Waals surface area contributed by atoms with E-state index in [1.165, 1.54) is 18.2 Å². The fourth-order valence-electron chi connectivity index (χ4n) is 1.96. The van der Waals surface area contributed by atoms with Crippen LogP contribution in [-0.2, 0) is 6.54 Å². The molecule has 0 aliphatic carbocycles. The first-order valence-electron chi connectivity index (χ1n) is 5.96. The molecule has 0 heterocycles. The highest BCUT2D eigenvalue weighted by Crippen LogP contribution is 2.25. The maximum Gasteiger partial charge on any atom is 0.337 e. The van der Waals surface area contributed by atoms with E-state index < -0.39 is 5.97 Å². The number of carboxylic acids is 1. The fraction of sp³-hybridized carbons (Fsp3) is 0.133. The summed E-state index contributed by atoms with van der Waals surface area (Å²) in [6, 6.07) is 10.8. The van der Waals surface area contributed by atoms with Crippen molar-refractivity contribution in [3.05, 3.63) is 64.4 Å². The van der Waals surface area contributed by atoms with Crippen molar-refractivity contribution in [3.8, 4) is 0 Å². The first kappa shape index (κ1) is 14.3. The van der Waals surface area contributed by atoms with Gasteiger partial charge in [0.2, 0.25) is 0 Å². The molecule has 2 aromatic carbocycles. The average Bonchev–Trinajstić information content (AvgIpc) is 2.41. The normalized spacial score (nSPS) is 10.3. The van der Waals surface area contributed by atoms with E-state index in [9.17, 15) is 14.3 Å². The minimum absolute atomic E-state index is 0.141. The molecule has 104 valence electrons. The Morgan fingerprint density at radius 3 is 2.50 bits per heavy atom. The van der Waals surface area contributed by atoms with Gasteiger partial charge in [0.15, 0.2) is 0 Å². The largest absolute Gasteiger partial charge is 0.478 e. The summed E-state index contributed by atoms with van der Waals surface area (Å²) in [5, 5.41) is 9.58. The molecule has 0 fully saturated rings. The van der Waals surface area contributed by atoms with E-state index >= 15 is 0 Å². The van der Waals surface area contributed by atoms with Gasteiger partial charge in [-0.2, -0.15) is 0 Å². The number of hydrogen-bond donors (Lipinski definition) is 1. The molecule has 0 unspecified atom stereocenters. The van der Waals surface area contributed by atoms with Crippen molar-refractivity contribution in [2.24, 2.45) is 0 Å². The van der Waals surface area contributed by atoms with E-state index in [0.29, 0.717) is 17.3 Å². The van der Waals surface area contributed by atoms with Crippen molar-refractivity contribution >= 4 is 23.3 Å². The molecule has 2 rings (SSSR count). The Balaban J connectivity index is 2.27. The highest BCUT2D eigenvalue weighted by Gasteiger charge is 2.14. The highest BCUT2D eigenvalue weighted by molar-refractivity contribution is 6.31. The Morgan fingerprint density at radius 2 is 1.90 bits per heavy atom. The van der Waals surface area contributed by atoms with E-state index in [-0.39, 0.29) is 11.4 Å². The summed E-state index contributed by atoms with van der Waals surface area (Å²) in [4.78, 5) is 13.0. The van der Waals surface area contributed by atoms with Crippen molar-refractivity contribution in [3.63, 3.8) is 0 Å². The Hall–Kier alpha value is -2.07. The van der Waals surface area contributed by atoms with Crippen molar-refractivity contribution in [1.29, 1.82) is 0 Å². The van der Waals surface area contributed by atoms with Crippen LogP contribution in [0.5, 0.6) is 0 Å². The van der Waals surface area contributed by atoms with Crippen LogP contribution in [0.3, 0.4) is 0 Å². The van der Waals surface area contributed by atoms with Crippen molar-refractivity contribution in [2.75, 3.05) is 11.9 Å². The minimum atomic E-state index is -1.03. The second kappa shape index (κ2) is 5.92. The van der Waals surface area contributed by atoms with Crippen LogP contribution in [0.4, 0.5) is 10.1 Å². The van der Waals surface area contributed by atoms with E-state index in [1.807, 2.05) is 0 Å². The lowest BCUT2D eigenvalue weighted by Crippen LogP contribution is -2.19. The fourth-order valence-corrected chi connectivity index (χ4v) is 2.13. The number of nitrogens with zero attached hydrogens (tertiary/aromatic N) is 1. The van der Waals surface area contributed by atoms with Gasteiger partial charge in [-0.25, -0.2) is 9.18 Å². The first-order valence-corrected chi connectivity index (χ1v) is 6.33. The molecule has 0 aromatic heterocycles. The molecule has 0 spiro atoms. The Labute approximate surface area is 121 Å². The summed E-state index contributed by atoms with van der Waals surface area (Å²) in [7, 11) is 1.78. The zero-order valence-electron chi connectivity index (χ0n) is 10.8. The number of aromatic carboxylic acids is 1. The number of carbonyl (C=O) groups is 1. The van der Waals surface area contributed by atoms with Crippen molar-refractivity contribution < 1.29 is 14.3 Å². The van der Waals surface area contributed by atoms with E-state index in [0.717, 1.165) is 5.56 Å². The number of rotatable bonds is 4. The molecule has 0 saturated carbocycles. The second-order valence-corrected chi connectivity index (χ2v) is 4.89. The van der Waals surface area contributed by atoms with Gasteiger partial charge in [-0.1, -0.05) is 23.7 Å². The molecule has 0 saturated heterocycles. The van der Waals surface area contributed by atoms with Crippen molar-refractivity contribution in [1.82, 2.24) is 0 Å². The maximum atomic E-state index is 12.9. The van der Waals surface area contributed by atoms with E-state index in [2.05, 4.69) is 0 Å². The third-order valence-electron chi connectivity index (χ3n) is 2.93. The summed E-state index contributed by atoms with van der Waals surface area (Å²) in [6.07, 6.45) is 0. The summed E-state index contributed by atoms with van der Waals surface area (Å²) in [5.41, 5.74) is 1.59. The van der Waals surface area contributed by atoms with Crippen LogP contribution in [0.1, 0.15) is 15.9 Å². The lowest BCUT2D eigenvalue weighted by molar-refractivity contribution is 0.0697. The number of carboxylic acid groups (broad SMARTS) is 1. The van der Waals surface area contributed by atoms with Gasteiger partial charge in [-0.15, -0.1) is 0 Å². The molecule has 2 aromatic rings. The average molecular weight is 294 g/mol. The van der Waals surface area contributed by atoms with Gasteiger partial charge in [-0.3, -0.25) is 0 Å². The molecule has 0 aliphatic heterocycles. The van der Waals surface area contributed by atoms with Gasteiger partial charge in [0.25, 0.3) is 0 Å². The molecule has 0 aliphatic rings. The molecule has 0 amide bonds. The van der Waals surface area contributed by atoms with Crippen LogP contribution in [0, 0.1) is 5.82 Å². The van der Waals surface area contributed by atoms with Gasteiger partial charge in [0.05, 0.1) is 11.3 Å². The van der Waals surface area contributed by atoms with E-state index in [4.69, 9.17) is 11.6 Å². The molecular formula is C15H13ClFNO2. The number of benzene rings is 2. The molecule has 1 N–H and O–H groups in total. The van der Waals surface area contributed by atoms with Gasteiger partial charge in [0, 0.05) is 18.6 Å². The quantitative estimate of drug-likeness (QED) is 0.932. The maximum absolute atomic E-state index is 12.9. The van der Waals surface area contributed by atoms with Crippen LogP contribution in [-0.4, -0.2) is 18.1 Å². The molecule has 0 radical (unpaired) electrons. The smallest absolute Gasteiger partial charge is 0.337 e. The topological polar surface area (TPSA) is 40.5 Å². The SMILES string of the molecule is CN(Cc1ccc(F)cc1)c1ccc(Cl)cc1C(=O)O. The number of anilines is 1. The van der Waals surface area contributed by atoms with Gasteiger partial charge in [-0.05, 0) is 35.9 Å². The monoisotopic (exact) mass is 293 g/mol. The van der Waals surface area contributed by atoms with Crippen molar-refractivity contribution in [2.45, 2.75) is 6.54 Å². The van der Waals surface area contributed by atoms with Crippen LogP contribution < -0.4 is 4.90 Å². The standard InChI is InChI=1S/C15H13ClFNO2/c1-18(9-10-2-5-12(17)6-3-10)14-7-4-11(16)8-13(14)15(19)20/h2-8H,9H2,1H3,(H,19,20). The predicted octanol–water partition coefficient (Wildman–Crippen LogP) is 3.81. The Kier molecular flexibility index (Phi) is 4.25. The van der Waals surface area contributed by atoms with Crippen LogP contribution in [0.2, 0.25) is 5.02 Å². The zero-order chi connectivity index (χ0) is 14.7. The summed E-state index contributed by atoms with van der Waals surface area (Å²) in [6.45, 7) is 0.474. The Morgan fingerprint density at radius 1 is 1.25 bits per heavy atom. The van der Waals surface area contributed by atoms with Gasteiger partial charge < -0.3 is 10.0 Å². The minimum Gasteiger partial charge on any atom is -0.478 e. The first-order chi connectivity index (χ1) is 9.47. The third-order valence-corrected chi connectivity index (χ3v) is 3.17. The molecular weight excluding hydrogens is 281 g/mol. The molecule has 0 bridgehead atoms. The second-order valence-electron chi connectivity index (χ2n) is 4.45. The third kappa shape index (κ3) is 3.27. The molecule has 20 heavy (non-hydrogen) atoms. The van der Waals surface area contributed by atoms with Crippen LogP contribution in [0.25, 0.3) is 0 Å². The lowest BCUT2D eigenvalue weighted by Gasteiger charge is -2.21. The number of hydrogen-bond acceptors (Lipinski definition) is 2. The van der Waals surface area contributed by atoms with Gasteiger partial charge in [0.1, 0.15) is 5.82 Å². The Bertz CT molecular complexity index is 628. The molecule has 3 nitrogen and oxygen atoms in total. The number of halogens is 2. The predicted molar refractivity (Wildman–Crippen MR) is 76.9 cm³/mol. The molecule has 0 atom stereocenters. The van der Waals surface area contributed by atoms with Crippen LogP contribution >= 0.6 is 11.6 Å². The molecule has 5 heteroatoms. The summed E-state index contributed by atoms with van der Waals surface area (Å²) in [5.74, 6) is -1.33. The van der Waals surface area contributed by atoms with Gasteiger partial charge >= 0.3 is 5.97 Å². The zero-order valence-corrected chi connectivity index (χ0v) is 11.6.